The normalized spacial score (nSPS) is 25.2. The summed E-state index contributed by atoms with van der Waals surface area (Å²) in [5.41, 5.74) is 0.692. The van der Waals surface area contributed by atoms with Crippen LogP contribution in [0.5, 0.6) is 0 Å². The lowest BCUT2D eigenvalue weighted by atomic mass is 9.71. The second-order valence-electron chi connectivity index (χ2n) is 6.05. The third kappa shape index (κ3) is 4.21. The van der Waals surface area contributed by atoms with E-state index >= 15 is 0 Å². The molecule has 1 aliphatic carbocycles. The second kappa shape index (κ2) is 7.81. The average Bonchev–Trinajstić information content (AvgIpc) is 2.41. The number of halogens is 1. The van der Waals surface area contributed by atoms with Gasteiger partial charge >= 0.3 is 5.97 Å². The summed E-state index contributed by atoms with van der Waals surface area (Å²) in [4.78, 5) is 13.9. The Morgan fingerprint density at radius 1 is 1.29 bits per heavy atom. The highest BCUT2D eigenvalue weighted by Crippen LogP contribution is 2.45. The number of hydrogen-bond donors (Lipinski definition) is 0. The van der Waals surface area contributed by atoms with Gasteiger partial charge in [0.1, 0.15) is 5.60 Å². The third-order valence-corrected chi connectivity index (χ3v) is 4.18. The van der Waals surface area contributed by atoms with E-state index in [0.717, 1.165) is 31.4 Å². The predicted octanol–water partition coefficient (Wildman–Crippen LogP) is 3.62. The smallest absolute Gasteiger partial charge is 0.303 e. The van der Waals surface area contributed by atoms with E-state index in [1.54, 1.807) is 0 Å². The number of nitrogens with zero attached hydrogens (tertiary/aromatic N) is 1. The molecule has 1 aliphatic rings. The van der Waals surface area contributed by atoms with Gasteiger partial charge in [-0.15, -0.1) is 12.4 Å². The van der Waals surface area contributed by atoms with Crippen LogP contribution in [0, 0.1) is 5.92 Å². The number of carbonyl (C=O) groups excluding carboxylic acids is 1. The molecule has 1 fully saturated rings. The molecule has 1 aromatic rings. The average molecular weight is 312 g/mol. The van der Waals surface area contributed by atoms with E-state index in [4.69, 9.17) is 4.74 Å². The molecule has 0 aromatic heterocycles. The lowest BCUT2D eigenvalue weighted by Gasteiger charge is -2.44. The molecular formula is C17H26ClNO2. The summed E-state index contributed by atoms with van der Waals surface area (Å²) >= 11 is 0. The van der Waals surface area contributed by atoms with Gasteiger partial charge in [0.25, 0.3) is 0 Å². The minimum atomic E-state index is -0.449. The first kappa shape index (κ1) is 18.0. The second-order valence-corrected chi connectivity index (χ2v) is 6.05. The van der Waals surface area contributed by atoms with Crippen molar-refractivity contribution in [3.8, 4) is 0 Å². The lowest BCUT2D eigenvalue weighted by molar-refractivity contribution is -0.171. The Labute approximate surface area is 134 Å². The SMILES string of the molecule is CC(=O)OC1(c2ccccc2)CCCCC1CN(C)C.Cl. The van der Waals surface area contributed by atoms with Crippen molar-refractivity contribution in [3.63, 3.8) is 0 Å². The topological polar surface area (TPSA) is 29.5 Å². The van der Waals surface area contributed by atoms with Crippen LogP contribution in [-0.2, 0) is 15.1 Å². The summed E-state index contributed by atoms with van der Waals surface area (Å²) < 4.78 is 5.91. The van der Waals surface area contributed by atoms with Crippen molar-refractivity contribution in [2.45, 2.75) is 38.2 Å². The molecule has 1 saturated carbocycles. The van der Waals surface area contributed by atoms with Crippen LogP contribution < -0.4 is 0 Å². The van der Waals surface area contributed by atoms with Crippen LogP contribution in [0.4, 0.5) is 0 Å². The minimum Gasteiger partial charge on any atom is -0.454 e. The van der Waals surface area contributed by atoms with Crippen molar-refractivity contribution < 1.29 is 9.53 Å². The van der Waals surface area contributed by atoms with Crippen LogP contribution in [0.15, 0.2) is 30.3 Å². The highest BCUT2D eigenvalue weighted by Gasteiger charge is 2.45. The van der Waals surface area contributed by atoms with Gasteiger partial charge in [0.05, 0.1) is 0 Å². The highest BCUT2D eigenvalue weighted by atomic mass is 35.5. The first-order valence-electron chi connectivity index (χ1n) is 7.44. The van der Waals surface area contributed by atoms with Gasteiger partial charge in [-0.1, -0.05) is 36.8 Å². The first-order chi connectivity index (χ1) is 9.54. The Bertz CT molecular complexity index is 449. The maximum absolute atomic E-state index is 11.7. The molecule has 0 radical (unpaired) electrons. The number of carbonyl (C=O) groups is 1. The molecule has 0 bridgehead atoms. The molecule has 2 rings (SSSR count). The van der Waals surface area contributed by atoms with Gasteiger partial charge < -0.3 is 9.64 Å². The number of ether oxygens (including phenoxy) is 1. The number of hydrogen-bond acceptors (Lipinski definition) is 3. The van der Waals surface area contributed by atoms with Gasteiger partial charge in [0, 0.05) is 19.4 Å². The van der Waals surface area contributed by atoms with Gasteiger partial charge in [-0.3, -0.25) is 4.79 Å². The first-order valence-corrected chi connectivity index (χ1v) is 7.44. The molecular weight excluding hydrogens is 286 g/mol. The molecule has 0 heterocycles. The number of benzene rings is 1. The minimum absolute atomic E-state index is 0. The van der Waals surface area contributed by atoms with Gasteiger partial charge in [0.15, 0.2) is 0 Å². The zero-order valence-corrected chi connectivity index (χ0v) is 14.0. The summed E-state index contributed by atoms with van der Waals surface area (Å²) in [5.74, 6) is 0.178. The van der Waals surface area contributed by atoms with E-state index in [0.29, 0.717) is 5.92 Å². The van der Waals surface area contributed by atoms with Crippen LogP contribution in [0.25, 0.3) is 0 Å². The van der Waals surface area contributed by atoms with Crippen LogP contribution in [0.3, 0.4) is 0 Å². The van der Waals surface area contributed by atoms with Crippen LogP contribution in [0.1, 0.15) is 38.2 Å². The lowest BCUT2D eigenvalue weighted by Crippen LogP contribution is -2.46. The van der Waals surface area contributed by atoms with Gasteiger partial charge in [0.2, 0.25) is 0 Å². The van der Waals surface area contributed by atoms with E-state index in [9.17, 15) is 4.79 Å². The fourth-order valence-electron chi connectivity index (χ4n) is 3.45. The van der Waals surface area contributed by atoms with Gasteiger partial charge in [-0.2, -0.15) is 0 Å². The number of rotatable bonds is 4. The van der Waals surface area contributed by atoms with Crippen molar-refractivity contribution in [2.75, 3.05) is 20.6 Å². The molecule has 118 valence electrons. The van der Waals surface area contributed by atoms with Crippen molar-refractivity contribution in [1.82, 2.24) is 4.90 Å². The van der Waals surface area contributed by atoms with Crippen molar-refractivity contribution in [2.24, 2.45) is 5.92 Å². The van der Waals surface area contributed by atoms with Crippen molar-refractivity contribution in [1.29, 1.82) is 0 Å². The molecule has 2 atom stereocenters. The molecule has 21 heavy (non-hydrogen) atoms. The summed E-state index contributed by atoms with van der Waals surface area (Å²) in [6.45, 7) is 2.47. The summed E-state index contributed by atoms with van der Waals surface area (Å²) in [6.07, 6.45) is 4.37. The maximum atomic E-state index is 11.7. The predicted molar refractivity (Wildman–Crippen MR) is 87.6 cm³/mol. The fourth-order valence-corrected chi connectivity index (χ4v) is 3.45. The summed E-state index contributed by atoms with van der Waals surface area (Å²) in [7, 11) is 4.16. The van der Waals surface area contributed by atoms with E-state index in [-0.39, 0.29) is 18.4 Å². The molecule has 0 saturated heterocycles. The van der Waals surface area contributed by atoms with Crippen LogP contribution >= 0.6 is 12.4 Å². The Hall–Kier alpha value is -1.06. The Kier molecular flexibility index (Phi) is 6.69. The van der Waals surface area contributed by atoms with Crippen LogP contribution in [-0.4, -0.2) is 31.5 Å². The molecule has 0 N–H and O–H groups in total. The zero-order valence-electron chi connectivity index (χ0n) is 13.2. The number of esters is 1. The molecule has 1 aromatic carbocycles. The standard InChI is InChI=1S/C17H25NO2.ClH/c1-14(19)20-17(15-9-5-4-6-10-15)12-8-7-11-16(17)13-18(2)3;/h4-6,9-10,16H,7-8,11-13H2,1-3H3;1H. The Balaban J connectivity index is 0.00000220. The van der Waals surface area contributed by atoms with Gasteiger partial charge in [-0.25, -0.2) is 0 Å². The zero-order chi connectivity index (χ0) is 14.6. The molecule has 4 heteroatoms. The quantitative estimate of drug-likeness (QED) is 0.795. The third-order valence-electron chi connectivity index (χ3n) is 4.18. The largest absolute Gasteiger partial charge is 0.454 e. The van der Waals surface area contributed by atoms with E-state index in [1.165, 1.54) is 13.3 Å². The molecule has 0 amide bonds. The molecule has 3 nitrogen and oxygen atoms in total. The monoisotopic (exact) mass is 311 g/mol. The molecule has 0 aliphatic heterocycles. The van der Waals surface area contributed by atoms with Crippen LogP contribution in [0.2, 0.25) is 0 Å². The fraction of sp³-hybridized carbons (Fsp3) is 0.588. The van der Waals surface area contributed by atoms with E-state index < -0.39 is 5.60 Å². The van der Waals surface area contributed by atoms with Crippen molar-refractivity contribution >= 4 is 18.4 Å². The molecule has 0 spiro atoms. The Morgan fingerprint density at radius 2 is 1.95 bits per heavy atom. The summed E-state index contributed by atoms with van der Waals surface area (Å²) in [5, 5.41) is 0. The Morgan fingerprint density at radius 3 is 2.52 bits per heavy atom. The van der Waals surface area contributed by atoms with E-state index in [2.05, 4.69) is 31.1 Å². The van der Waals surface area contributed by atoms with Gasteiger partial charge in [-0.05, 0) is 38.9 Å². The maximum Gasteiger partial charge on any atom is 0.303 e. The highest BCUT2D eigenvalue weighted by molar-refractivity contribution is 5.85. The van der Waals surface area contributed by atoms with Crippen molar-refractivity contribution in [3.05, 3.63) is 35.9 Å². The molecule has 2 unspecified atom stereocenters. The van der Waals surface area contributed by atoms with E-state index in [1.807, 2.05) is 18.2 Å². The summed E-state index contributed by atoms with van der Waals surface area (Å²) in [6, 6.07) is 10.3.